The third kappa shape index (κ3) is 22.8. The van der Waals surface area contributed by atoms with Gasteiger partial charge >= 0.3 is 13.8 Å². The number of ether oxygens (including phenoxy) is 1. The van der Waals surface area contributed by atoms with Gasteiger partial charge in [-0.3, -0.25) is 13.8 Å². The molecule has 0 saturated heterocycles. The van der Waals surface area contributed by atoms with Crippen molar-refractivity contribution in [3.8, 4) is 0 Å². The molecule has 0 radical (unpaired) electrons. The molecule has 2 unspecified atom stereocenters. The average molecular weight is 495 g/mol. The number of aliphatic hydroxyl groups excluding tert-OH is 1. The molecule has 33 heavy (non-hydrogen) atoms. The maximum absolute atomic E-state index is 12.0. The zero-order valence-corrected chi connectivity index (χ0v) is 22.3. The van der Waals surface area contributed by atoms with Crippen molar-refractivity contribution >= 4 is 13.8 Å². The van der Waals surface area contributed by atoms with Crippen molar-refractivity contribution in [2.75, 3.05) is 47.5 Å². The van der Waals surface area contributed by atoms with E-state index in [0.717, 1.165) is 32.1 Å². The number of hydrogen-bond acceptors (Lipinski definition) is 6. The van der Waals surface area contributed by atoms with E-state index in [1.54, 1.807) is 0 Å². The van der Waals surface area contributed by atoms with Crippen LogP contribution in [0.3, 0.4) is 0 Å². The van der Waals surface area contributed by atoms with Crippen molar-refractivity contribution in [3.63, 3.8) is 0 Å². The van der Waals surface area contributed by atoms with Crippen molar-refractivity contribution in [2.24, 2.45) is 0 Å². The minimum atomic E-state index is -4.33. The number of allylic oxidation sites excluding steroid dienone is 2. The Morgan fingerprint density at radius 2 is 1.55 bits per heavy atom. The Kier molecular flexibility index (Phi) is 19.1. The zero-order valence-electron chi connectivity index (χ0n) is 21.4. The topological polar surface area (TPSA) is 102 Å². The fourth-order valence-electron chi connectivity index (χ4n) is 3.01. The molecule has 0 aliphatic carbocycles. The Bertz CT molecular complexity index is 564. The number of aliphatic hydroxyl groups is 1. The number of rotatable bonds is 22. The molecule has 0 aromatic heterocycles. The molecule has 196 valence electrons. The second-order valence-corrected chi connectivity index (χ2v) is 10.9. The van der Waals surface area contributed by atoms with Crippen LogP contribution in [0.15, 0.2) is 12.2 Å². The molecule has 0 saturated carbocycles. The van der Waals surface area contributed by atoms with Crippen LogP contribution < -0.4 is 0 Å². The lowest BCUT2D eigenvalue weighted by Gasteiger charge is -2.24. The van der Waals surface area contributed by atoms with Crippen LogP contribution in [0.1, 0.15) is 84.0 Å². The standard InChI is InChI=1S/C24H48NO7P/c1-5-6-7-8-9-10-11-12-13-14-15-16-17-18-24(27)30-22-23(21-26)32-33(28,29)31-20-19-25(2,3)4/h10-11,23,26H,5-9,12-22H2,1-4H3/p+1/b11-10-. The highest BCUT2D eigenvalue weighted by atomic mass is 31.2. The van der Waals surface area contributed by atoms with Crippen molar-refractivity contribution in [1.29, 1.82) is 0 Å². The number of unbranched alkanes of at least 4 members (excludes halogenated alkanes) is 9. The van der Waals surface area contributed by atoms with Crippen LogP contribution in [-0.2, 0) is 23.1 Å². The van der Waals surface area contributed by atoms with Gasteiger partial charge in [0.1, 0.15) is 25.9 Å². The van der Waals surface area contributed by atoms with Gasteiger partial charge in [0.05, 0.1) is 27.7 Å². The van der Waals surface area contributed by atoms with Crippen molar-refractivity contribution in [1.82, 2.24) is 0 Å². The molecule has 0 aromatic rings. The van der Waals surface area contributed by atoms with Crippen LogP contribution in [0.2, 0.25) is 0 Å². The Hall–Kier alpha value is -0.760. The van der Waals surface area contributed by atoms with E-state index in [1.807, 2.05) is 21.1 Å². The van der Waals surface area contributed by atoms with Crippen LogP contribution in [0.4, 0.5) is 0 Å². The molecule has 0 aromatic carbocycles. The van der Waals surface area contributed by atoms with Gasteiger partial charge in [0.15, 0.2) is 0 Å². The number of carbonyl (C=O) groups is 1. The van der Waals surface area contributed by atoms with Gasteiger partial charge in [-0.25, -0.2) is 4.57 Å². The Balaban J connectivity index is 3.79. The van der Waals surface area contributed by atoms with Gasteiger partial charge in [0, 0.05) is 6.42 Å². The molecule has 2 N–H and O–H groups in total. The molecule has 8 nitrogen and oxygen atoms in total. The maximum atomic E-state index is 12.0. The highest BCUT2D eigenvalue weighted by Crippen LogP contribution is 2.44. The second kappa shape index (κ2) is 19.5. The molecule has 0 heterocycles. The zero-order chi connectivity index (χ0) is 25.0. The van der Waals surface area contributed by atoms with Crippen LogP contribution in [0, 0.1) is 0 Å². The minimum absolute atomic E-state index is 0.0323. The summed E-state index contributed by atoms with van der Waals surface area (Å²) in [6.45, 7) is 1.93. The first-order valence-electron chi connectivity index (χ1n) is 12.5. The van der Waals surface area contributed by atoms with Gasteiger partial charge in [-0.05, 0) is 32.1 Å². The van der Waals surface area contributed by atoms with Crippen molar-refractivity contribution in [3.05, 3.63) is 12.2 Å². The monoisotopic (exact) mass is 494 g/mol. The molecule has 0 rings (SSSR count). The van der Waals surface area contributed by atoms with Gasteiger partial charge in [0.2, 0.25) is 0 Å². The lowest BCUT2D eigenvalue weighted by Crippen LogP contribution is -2.37. The summed E-state index contributed by atoms with van der Waals surface area (Å²) in [4.78, 5) is 21.6. The normalized spacial score (nSPS) is 15.0. The SMILES string of the molecule is CCCCCC/C=C\CCCCCCCC(=O)OCC(CO)OP(=O)(O)OCC[N+](C)(C)C. The van der Waals surface area contributed by atoms with Crippen LogP contribution in [0.5, 0.6) is 0 Å². The van der Waals surface area contributed by atoms with E-state index in [1.165, 1.54) is 38.5 Å². The molecule has 0 aliphatic heterocycles. The van der Waals surface area contributed by atoms with E-state index in [-0.39, 0.29) is 19.6 Å². The summed E-state index contributed by atoms with van der Waals surface area (Å²) in [5.74, 6) is -0.401. The molecule has 2 atom stereocenters. The summed E-state index contributed by atoms with van der Waals surface area (Å²) >= 11 is 0. The predicted octanol–water partition coefficient (Wildman–Crippen LogP) is 4.99. The van der Waals surface area contributed by atoms with Crippen LogP contribution in [-0.4, -0.2) is 74.1 Å². The number of phosphoric acid groups is 1. The summed E-state index contributed by atoms with van der Waals surface area (Å²) in [6, 6.07) is 0. The Morgan fingerprint density at radius 1 is 0.970 bits per heavy atom. The van der Waals surface area contributed by atoms with Gasteiger partial charge < -0.3 is 19.2 Å². The summed E-state index contributed by atoms with van der Waals surface area (Å²) < 4.78 is 27.5. The molecular weight excluding hydrogens is 445 g/mol. The summed E-state index contributed by atoms with van der Waals surface area (Å²) in [6.07, 6.45) is 16.4. The van der Waals surface area contributed by atoms with Gasteiger partial charge in [-0.1, -0.05) is 57.6 Å². The quantitative estimate of drug-likeness (QED) is 0.0719. The lowest BCUT2D eigenvalue weighted by molar-refractivity contribution is -0.870. The van der Waals surface area contributed by atoms with E-state index in [0.29, 0.717) is 11.0 Å². The van der Waals surface area contributed by atoms with Gasteiger partial charge in [0.25, 0.3) is 0 Å². The third-order valence-corrected chi connectivity index (χ3v) is 6.15. The number of carbonyl (C=O) groups excluding carboxylic acids is 1. The Morgan fingerprint density at radius 3 is 2.12 bits per heavy atom. The first kappa shape index (κ1) is 32.2. The molecular formula is C24H49NO7P+. The molecule has 0 fully saturated rings. The summed E-state index contributed by atoms with van der Waals surface area (Å²) in [5.41, 5.74) is 0. The van der Waals surface area contributed by atoms with Gasteiger partial charge in [-0.2, -0.15) is 0 Å². The number of hydrogen-bond donors (Lipinski definition) is 2. The third-order valence-electron chi connectivity index (χ3n) is 5.08. The molecule has 0 amide bonds. The number of quaternary nitrogens is 1. The molecule has 0 aliphatic rings. The van der Waals surface area contributed by atoms with Crippen molar-refractivity contribution < 1.29 is 37.6 Å². The average Bonchev–Trinajstić information content (AvgIpc) is 2.73. The molecule has 0 bridgehead atoms. The smallest absolute Gasteiger partial charge is 0.463 e. The van der Waals surface area contributed by atoms with Crippen LogP contribution in [0.25, 0.3) is 0 Å². The van der Waals surface area contributed by atoms with E-state index >= 15 is 0 Å². The second-order valence-electron chi connectivity index (χ2n) is 9.54. The van der Waals surface area contributed by atoms with E-state index in [9.17, 15) is 19.4 Å². The van der Waals surface area contributed by atoms with Crippen LogP contribution >= 0.6 is 7.82 Å². The lowest BCUT2D eigenvalue weighted by atomic mass is 10.1. The van der Waals surface area contributed by atoms with Gasteiger partial charge in [-0.15, -0.1) is 0 Å². The maximum Gasteiger partial charge on any atom is 0.472 e. The summed E-state index contributed by atoms with van der Waals surface area (Å²) in [7, 11) is 1.45. The number of phosphoric ester groups is 1. The van der Waals surface area contributed by atoms with Crippen molar-refractivity contribution in [2.45, 2.75) is 90.1 Å². The summed E-state index contributed by atoms with van der Waals surface area (Å²) in [5, 5.41) is 9.34. The molecule has 9 heteroatoms. The number of nitrogens with zero attached hydrogens (tertiary/aromatic N) is 1. The number of esters is 1. The van der Waals surface area contributed by atoms with E-state index in [2.05, 4.69) is 19.1 Å². The fraction of sp³-hybridized carbons (Fsp3) is 0.875. The van der Waals surface area contributed by atoms with E-state index < -0.39 is 26.5 Å². The first-order chi connectivity index (χ1) is 15.6. The fourth-order valence-corrected chi connectivity index (χ4v) is 3.89. The van der Waals surface area contributed by atoms with E-state index in [4.69, 9.17) is 13.8 Å². The number of likely N-dealkylation sites (N-methyl/N-ethyl adjacent to an activating group) is 1. The minimum Gasteiger partial charge on any atom is -0.463 e. The predicted molar refractivity (Wildman–Crippen MR) is 132 cm³/mol. The highest BCUT2D eigenvalue weighted by Gasteiger charge is 2.28. The first-order valence-corrected chi connectivity index (χ1v) is 14.0. The largest absolute Gasteiger partial charge is 0.472 e. The molecule has 0 spiro atoms. The highest BCUT2D eigenvalue weighted by molar-refractivity contribution is 7.47. The Labute approximate surface area is 201 Å².